The molecule has 1 amide bonds. The van der Waals surface area contributed by atoms with Crippen LogP contribution in [0, 0.1) is 11.8 Å². The summed E-state index contributed by atoms with van der Waals surface area (Å²) < 4.78 is 12.4. The van der Waals surface area contributed by atoms with Gasteiger partial charge in [-0.05, 0) is 35.6 Å². The first-order valence-electron chi connectivity index (χ1n) is 11.9. The van der Waals surface area contributed by atoms with Crippen molar-refractivity contribution in [2.24, 2.45) is 22.1 Å². The first-order chi connectivity index (χ1) is 16.7. The largest absolute Gasteiger partial charge is 0.493 e. The lowest BCUT2D eigenvalue weighted by atomic mass is 10.1. The molecule has 0 aliphatic rings. The highest BCUT2D eigenvalue weighted by molar-refractivity contribution is 5.95. The molecule has 0 atom stereocenters. The van der Waals surface area contributed by atoms with Gasteiger partial charge in [0.15, 0.2) is 17.2 Å². The van der Waals surface area contributed by atoms with Gasteiger partial charge in [0.2, 0.25) is 5.88 Å². The maximum Gasteiger partial charge on any atom is 0.269 e. The summed E-state index contributed by atoms with van der Waals surface area (Å²) in [6, 6.07) is 12.9. The maximum atomic E-state index is 12.6. The number of benzene rings is 2. The fourth-order valence-corrected chi connectivity index (χ4v) is 4.24. The van der Waals surface area contributed by atoms with Crippen molar-refractivity contribution in [2.75, 3.05) is 27.3 Å². The number of aromatic nitrogens is 1. The van der Waals surface area contributed by atoms with Crippen molar-refractivity contribution >= 4 is 22.5 Å². The number of aromatic hydroxyl groups is 1. The Labute approximate surface area is 207 Å². The number of hydrogen-bond donors (Lipinski definition) is 1. The first-order valence-corrected chi connectivity index (χ1v) is 11.9. The standard InChI is InChI=1S/C27H36N4O4/c1-18(2)15-30(16-19(3)4)17-31-22-10-8-7-9-21(22)26(27(31)33)29-28-25(32)14-20-11-12-23(34-5)24(13-20)35-6/h7-13,18-19,33H,14-17H2,1-6H3. The van der Waals surface area contributed by atoms with Crippen molar-refractivity contribution in [3.05, 3.63) is 48.0 Å². The van der Waals surface area contributed by atoms with Crippen molar-refractivity contribution in [1.29, 1.82) is 0 Å². The average molecular weight is 481 g/mol. The number of carbonyl (C=O) groups is 1. The third-order valence-corrected chi connectivity index (χ3v) is 5.57. The van der Waals surface area contributed by atoms with E-state index in [9.17, 15) is 9.90 Å². The molecule has 0 saturated heterocycles. The molecular formula is C27H36N4O4. The molecule has 188 valence electrons. The predicted molar refractivity (Wildman–Crippen MR) is 138 cm³/mol. The molecule has 2 aromatic carbocycles. The third-order valence-electron chi connectivity index (χ3n) is 5.57. The topological polar surface area (TPSA) is 88.7 Å². The van der Waals surface area contributed by atoms with Crippen LogP contribution in [-0.2, 0) is 17.9 Å². The Morgan fingerprint density at radius 2 is 1.66 bits per heavy atom. The van der Waals surface area contributed by atoms with Gasteiger partial charge in [0.05, 0.1) is 32.8 Å². The highest BCUT2D eigenvalue weighted by atomic mass is 16.5. The van der Waals surface area contributed by atoms with Crippen LogP contribution < -0.4 is 9.47 Å². The molecule has 0 unspecified atom stereocenters. The molecule has 0 radical (unpaired) electrons. The number of rotatable bonds is 11. The molecular weight excluding hydrogens is 444 g/mol. The first kappa shape index (κ1) is 26.2. The number of ether oxygens (including phenoxy) is 2. The predicted octanol–water partition coefficient (Wildman–Crippen LogP) is 5.79. The van der Waals surface area contributed by atoms with Gasteiger partial charge in [-0.3, -0.25) is 14.3 Å². The van der Waals surface area contributed by atoms with Crippen LogP contribution in [0.3, 0.4) is 0 Å². The summed E-state index contributed by atoms with van der Waals surface area (Å²) in [6.45, 7) is 11.1. The molecule has 3 aromatic rings. The molecule has 3 rings (SSSR count). The molecule has 8 heteroatoms. The van der Waals surface area contributed by atoms with Crippen LogP contribution in [0.5, 0.6) is 17.4 Å². The van der Waals surface area contributed by atoms with Crippen molar-refractivity contribution < 1.29 is 19.4 Å². The Morgan fingerprint density at radius 3 is 2.29 bits per heavy atom. The quantitative estimate of drug-likeness (QED) is 0.351. The molecule has 8 nitrogen and oxygen atoms in total. The van der Waals surface area contributed by atoms with Crippen LogP contribution in [-0.4, -0.2) is 47.8 Å². The zero-order chi connectivity index (χ0) is 25.5. The number of hydrogen-bond acceptors (Lipinski definition) is 6. The van der Waals surface area contributed by atoms with Gasteiger partial charge >= 0.3 is 0 Å². The smallest absolute Gasteiger partial charge is 0.269 e. The summed E-state index contributed by atoms with van der Waals surface area (Å²) in [5, 5.41) is 20.0. The number of amides is 1. The summed E-state index contributed by atoms with van der Waals surface area (Å²) in [4.78, 5) is 14.9. The molecule has 0 aliphatic heterocycles. The van der Waals surface area contributed by atoms with E-state index in [2.05, 4.69) is 42.8 Å². The van der Waals surface area contributed by atoms with Gasteiger partial charge in [0.1, 0.15) is 0 Å². The lowest BCUT2D eigenvalue weighted by Gasteiger charge is -2.27. The fraction of sp³-hybridized carbons (Fsp3) is 0.444. The highest BCUT2D eigenvalue weighted by Crippen LogP contribution is 2.39. The van der Waals surface area contributed by atoms with Gasteiger partial charge < -0.3 is 14.6 Å². The summed E-state index contributed by atoms with van der Waals surface area (Å²) >= 11 is 0. The number of azo groups is 1. The lowest BCUT2D eigenvalue weighted by molar-refractivity contribution is -0.117. The van der Waals surface area contributed by atoms with Gasteiger partial charge in [-0.2, -0.15) is 0 Å². The minimum absolute atomic E-state index is 0.00591. The molecule has 1 N–H and O–H groups in total. The summed E-state index contributed by atoms with van der Waals surface area (Å²) in [6.07, 6.45) is 0.0554. The lowest BCUT2D eigenvalue weighted by Crippen LogP contribution is -2.33. The van der Waals surface area contributed by atoms with E-state index < -0.39 is 5.91 Å². The van der Waals surface area contributed by atoms with Gasteiger partial charge in [0.25, 0.3) is 5.91 Å². The number of nitrogens with zero attached hydrogens (tertiary/aromatic N) is 4. The Bertz CT molecular complexity index is 1170. The fourth-order valence-electron chi connectivity index (χ4n) is 4.24. The Hall–Kier alpha value is -3.39. The van der Waals surface area contributed by atoms with E-state index in [-0.39, 0.29) is 12.3 Å². The number of methoxy groups -OCH3 is 2. The summed E-state index contributed by atoms with van der Waals surface area (Å²) in [5.41, 5.74) is 1.88. The molecule has 35 heavy (non-hydrogen) atoms. The van der Waals surface area contributed by atoms with Crippen LogP contribution >= 0.6 is 0 Å². The van der Waals surface area contributed by atoms with E-state index in [0.717, 1.165) is 29.6 Å². The van der Waals surface area contributed by atoms with Crippen LogP contribution in [0.1, 0.15) is 33.3 Å². The summed E-state index contributed by atoms with van der Waals surface area (Å²) in [7, 11) is 3.11. The van der Waals surface area contributed by atoms with Gasteiger partial charge in [-0.25, -0.2) is 0 Å². The Balaban J connectivity index is 1.86. The van der Waals surface area contributed by atoms with E-state index in [4.69, 9.17) is 9.47 Å². The second kappa shape index (κ2) is 11.8. The van der Waals surface area contributed by atoms with Crippen LogP contribution in [0.2, 0.25) is 0 Å². The number of carbonyl (C=O) groups excluding carboxylic acids is 1. The van der Waals surface area contributed by atoms with Crippen LogP contribution in [0.25, 0.3) is 10.9 Å². The van der Waals surface area contributed by atoms with Crippen LogP contribution in [0.4, 0.5) is 5.69 Å². The monoisotopic (exact) mass is 480 g/mol. The Kier molecular flexibility index (Phi) is 8.87. The summed E-state index contributed by atoms with van der Waals surface area (Å²) in [5.74, 6) is 1.70. The van der Waals surface area contributed by atoms with Crippen molar-refractivity contribution in [3.63, 3.8) is 0 Å². The van der Waals surface area contributed by atoms with Crippen molar-refractivity contribution in [3.8, 4) is 17.4 Å². The minimum atomic E-state index is -0.422. The van der Waals surface area contributed by atoms with E-state index in [1.807, 2.05) is 28.8 Å². The van der Waals surface area contributed by atoms with Gasteiger partial charge in [0, 0.05) is 18.5 Å². The zero-order valence-corrected chi connectivity index (χ0v) is 21.5. The highest BCUT2D eigenvalue weighted by Gasteiger charge is 2.20. The number of para-hydroxylation sites is 1. The van der Waals surface area contributed by atoms with Gasteiger partial charge in [-0.15, -0.1) is 10.2 Å². The van der Waals surface area contributed by atoms with Gasteiger partial charge in [-0.1, -0.05) is 52.0 Å². The normalized spacial score (nSPS) is 11.9. The van der Waals surface area contributed by atoms with Crippen LogP contribution in [0.15, 0.2) is 52.7 Å². The SMILES string of the molecule is COc1ccc(CC(=O)N=Nc2c(O)n(CN(CC(C)C)CC(C)C)c3ccccc23)cc1OC. The third kappa shape index (κ3) is 6.60. The average Bonchev–Trinajstić information content (AvgIpc) is 3.07. The Morgan fingerprint density at radius 1 is 1.00 bits per heavy atom. The molecule has 0 fully saturated rings. The van der Waals surface area contributed by atoms with E-state index >= 15 is 0 Å². The zero-order valence-electron chi connectivity index (χ0n) is 21.5. The maximum absolute atomic E-state index is 12.6. The minimum Gasteiger partial charge on any atom is -0.493 e. The molecule has 1 aromatic heterocycles. The van der Waals surface area contributed by atoms with E-state index in [0.29, 0.717) is 35.7 Å². The van der Waals surface area contributed by atoms with Crippen molar-refractivity contribution in [2.45, 2.75) is 40.8 Å². The van der Waals surface area contributed by atoms with E-state index in [1.165, 1.54) is 0 Å². The molecule has 0 saturated carbocycles. The van der Waals surface area contributed by atoms with Crippen molar-refractivity contribution in [1.82, 2.24) is 9.47 Å². The van der Waals surface area contributed by atoms with E-state index in [1.54, 1.807) is 32.4 Å². The second-order valence-corrected chi connectivity index (χ2v) is 9.54. The molecule has 0 spiro atoms. The number of fused-ring (bicyclic) bond motifs is 1. The molecule has 1 heterocycles. The molecule has 0 bridgehead atoms. The molecule has 0 aliphatic carbocycles. The second-order valence-electron chi connectivity index (χ2n) is 9.54.